The number of likely N-dealkylation sites (tertiary alicyclic amines) is 1. The van der Waals surface area contributed by atoms with E-state index in [0.29, 0.717) is 13.1 Å². The van der Waals surface area contributed by atoms with E-state index in [1.807, 2.05) is 0 Å². The molecule has 0 spiro atoms. The summed E-state index contributed by atoms with van der Waals surface area (Å²) in [6.07, 6.45) is 6.07. The van der Waals surface area contributed by atoms with Crippen LogP contribution in [0.15, 0.2) is 18.5 Å². The molecule has 20 heavy (non-hydrogen) atoms. The van der Waals surface area contributed by atoms with Crippen molar-refractivity contribution in [3.63, 3.8) is 0 Å². The Morgan fingerprint density at radius 3 is 2.85 bits per heavy atom. The lowest BCUT2D eigenvalue weighted by Gasteiger charge is -2.34. The van der Waals surface area contributed by atoms with Crippen molar-refractivity contribution in [3.8, 4) is 0 Å². The Morgan fingerprint density at radius 2 is 2.25 bits per heavy atom. The summed E-state index contributed by atoms with van der Waals surface area (Å²) in [5.41, 5.74) is 0. The van der Waals surface area contributed by atoms with Gasteiger partial charge >= 0.3 is 0 Å². The molecule has 2 heterocycles. The minimum Gasteiger partial charge on any atom is -0.339 e. The molecule has 1 aromatic rings. The zero-order valence-corrected chi connectivity index (χ0v) is 12.5. The summed E-state index contributed by atoms with van der Waals surface area (Å²) in [7, 11) is -3.24. The summed E-state index contributed by atoms with van der Waals surface area (Å²) in [4.78, 5) is 14.1. The predicted octanol–water partition coefficient (Wildman–Crippen LogP) is -0.0157. The van der Waals surface area contributed by atoms with Crippen molar-refractivity contribution in [2.75, 3.05) is 19.3 Å². The second-order valence-corrected chi connectivity index (χ2v) is 6.96. The number of aromatic nitrogens is 2. The zero-order chi connectivity index (χ0) is 14.8. The molecule has 2 atom stereocenters. The third-order valence-corrected chi connectivity index (χ3v) is 4.15. The van der Waals surface area contributed by atoms with E-state index in [1.54, 1.807) is 35.0 Å². The second-order valence-electron chi connectivity index (χ2n) is 5.18. The van der Waals surface area contributed by atoms with Gasteiger partial charge in [0.2, 0.25) is 15.9 Å². The molecule has 7 nitrogen and oxygen atoms in total. The van der Waals surface area contributed by atoms with Gasteiger partial charge in [0.25, 0.3) is 0 Å². The molecule has 0 saturated carbocycles. The predicted molar refractivity (Wildman–Crippen MR) is 74.5 cm³/mol. The topological polar surface area (TPSA) is 84.3 Å². The van der Waals surface area contributed by atoms with Crippen LogP contribution in [0.3, 0.4) is 0 Å². The normalized spacial score (nSPS) is 21.7. The van der Waals surface area contributed by atoms with Gasteiger partial charge < -0.3 is 4.90 Å². The summed E-state index contributed by atoms with van der Waals surface area (Å²) < 4.78 is 26.7. The first kappa shape index (κ1) is 15.0. The highest BCUT2D eigenvalue weighted by atomic mass is 32.2. The Bertz CT molecular complexity index is 555. The molecule has 112 valence electrons. The van der Waals surface area contributed by atoms with Crippen LogP contribution in [0.25, 0.3) is 0 Å². The molecular weight excluding hydrogens is 280 g/mol. The number of sulfonamides is 1. The van der Waals surface area contributed by atoms with Gasteiger partial charge in [-0.05, 0) is 25.8 Å². The summed E-state index contributed by atoms with van der Waals surface area (Å²) in [5.74, 6) is -0.0336. The molecule has 1 N–H and O–H groups in total. The van der Waals surface area contributed by atoms with E-state index in [1.165, 1.54) is 0 Å². The maximum atomic E-state index is 12.4. The molecule has 2 unspecified atom stereocenters. The summed E-state index contributed by atoms with van der Waals surface area (Å²) in [5, 5.41) is 4.07. The Morgan fingerprint density at radius 1 is 1.50 bits per heavy atom. The van der Waals surface area contributed by atoms with Gasteiger partial charge in [0.1, 0.15) is 6.04 Å². The molecule has 1 aromatic heterocycles. The fourth-order valence-electron chi connectivity index (χ4n) is 2.46. The van der Waals surface area contributed by atoms with Gasteiger partial charge in [-0.15, -0.1) is 0 Å². The molecule has 0 radical (unpaired) electrons. The van der Waals surface area contributed by atoms with E-state index >= 15 is 0 Å². The van der Waals surface area contributed by atoms with E-state index in [4.69, 9.17) is 0 Å². The minimum absolute atomic E-state index is 0.0336. The van der Waals surface area contributed by atoms with Gasteiger partial charge in [-0.2, -0.15) is 5.10 Å². The van der Waals surface area contributed by atoms with Crippen molar-refractivity contribution >= 4 is 15.9 Å². The number of hydrogen-bond donors (Lipinski definition) is 1. The second kappa shape index (κ2) is 5.92. The van der Waals surface area contributed by atoms with Crippen molar-refractivity contribution in [3.05, 3.63) is 18.5 Å². The first-order valence-corrected chi connectivity index (χ1v) is 8.51. The van der Waals surface area contributed by atoms with Crippen LogP contribution in [0.1, 0.15) is 25.8 Å². The standard InChI is InChI=1S/C12H20N4O3S/c1-10(16-8-4-6-13-16)12(17)15-7-3-5-11(9-15)14-20(2,18)19/h4,6,8,10-11,14H,3,5,7,9H2,1-2H3. The fraction of sp³-hybridized carbons (Fsp3) is 0.667. The quantitative estimate of drug-likeness (QED) is 0.847. The molecule has 0 aromatic carbocycles. The van der Waals surface area contributed by atoms with E-state index < -0.39 is 10.0 Å². The number of hydrogen-bond acceptors (Lipinski definition) is 4. The molecule has 2 rings (SSSR count). The van der Waals surface area contributed by atoms with Crippen molar-refractivity contribution in [2.45, 2.75) is 31.8 Å². The Balaban J connectivity index is 2.00. The SMILES string of the molecule is CC(C(=O)N1CCCC(NS(C)(=O)=O)C1)n1cccn1. The highest BCUT2D eigenvalue weighted by Crippen LogP contribution is 2.16. The Hall–Kier alpha value is -1.41. The van der Waals surface area contributed by atoms with Crippen LogP contribution >= 0.6 is 0 Å². The van der Waals surface area contributed by atoms with Crippen LogP contribution in [-0.2, 0) is 14.8 Å². The van der Waals surface area contributed by atoms with Gasteiger partial charge in [-0.25, -0.2) is 13.1 Å². The lowest BCUT2D eigenvalue weighted by molar-refractivity contribution is -0.135. The third kappa shape index (κ3) is 3.80. The first-order valence-electron chi connectivity index (χ1n) is 6.62. The number of carbonyl (C=O) groups excluding carboxylic acids is 1. The first-order chi connectivity index (χ1) is 9.37. The summed E-state index contributed by atoms with van der Waals surface area (Å²) >= 11 is 0. The molecule has 1 aliphatic rings. The lowest BCUT2D eigenvalue weighted by atomic mass is 10.1. The zero-order valence-electron chi connectivity index (χ0n) is 11.7. The van der Waals surface area contributed by atoms with Gasteiger partial charge in [0.05, 0.1) is 6.26 Å². The number of piperidine rings is 1. The van der Waals surface area contributed by atoms with Gasteiger partial charge in [-0.3, -0.25) is 9.48 Å². The number of amides is 1. The van der Waals surface area contributed by atoms with Crippen LogP contribution in [0, 0.1) is 0 Å². The van der Waals surface area contributed by atoms with Crippen LogP contribution in [0.4, 0.5) is 0 Å². The number of nitrogens with one attached hydrogen (secondary N) is 1. The average molecular weight is 300 g/mol. The highest BCUT2D eigenvalue weighted by molar-refractivity contribution is 7.88. The van der Waals surface area contributed by atoms with Gasteiger partial charge in [0, 0.05) is 31.5 Å². The maximum absolute atomic E-state index is 12.4. The van der Waals surface area contributed by atoms with E-state index in [0.717, 1.165) is 19.1 Å². The molecule has 1 saturated heterocycles. The van der Waals surface area contributed by atoms with E-state index in [2.05, 4.69) is 9.82 Å². The largest absolute Gasteiger partial charge is 0.339 e. The van der Waals surface area contributed by atoms with Crippen LogP contribution < -0.4 is 4.72 Å². The maximum Gasteiger partial charge on any atom is 0.247 e. The van der Waals surface area contributed by atoms with Crippen LogP contribution in [-0.4, -0.2) is 54.4 Å². The van der Waals surface area contributed by atoms with Gasteiger partial charge in [-0.1, -0.05) is 0 Å². The van der Waals surface area contributed by atoms with Crippen molar-refractivity contribution in [1.82, 2.24) is 19.4 Å². The van der Waals surface area contributed by atoms with Crippen LogP contribution in [0.2, 0.25) is 0 Å². The molecule has 1 aliphatic heterocycles. The molecule has 0 bridgehead atoms. The fourth-order valence-corrected chi connectivity index (χ4v) is 3.26. The van der Waals surface area contributed by atoms with Crippen molar-refractivity contribution in [1.29, 1.82) is 0 Å². The van der Waals surface area contributed by atoms with Crippen molar-refractivity contribution in [2.24, 2.45) is 0 Å². The number of rotatable bonds is 4. The molecule has 1 amide bonds. The molecule has 0 aliphatic carbocycles. The van der Waals surface area contributed by atoms with Crippen LogP contribution in [0.5, 0.6) is 0 Å². The highest BCUT2D eigenvalue weighted by Gasteiger charge is 2.28. The number of nitrogens with zero attached hydrogens (tertiary/aromatic N) is 3. The third-order valence-electron chi connectivity index (χ3n) is 3.39. The lowest BCUT2D eigenvalue weighted by Crippen LogP contribution is -2.50. The Labute approximate surface area is 119 Å². The minimum atomic E-state index is -3.24. The average Bonchev–Trinajstić information content (AvgIpc) is 2.89. The van der Waals surface area contributed by atoms with Crippen molar-refractivity contribution < 1.29 is 13.2 Å². The van der Waals surface area contributed by atoms with E-state index in [-0.39, 0.29) is 18.0 Å². The molecular formula is C12H20N4O3S. The molecule has 1 fully saturated rings. The Kier molecular flexibility index (Phi) is 4.44. The molecule has 8 heteroatoms. The summed E-state index contributed by atoms with van der Waals surface area (Å²) in [6.45, 7) is 2.87. The monoisotopic (exact) mass is 300 g/mol. The van der Waals surface area contributed by atoms with Gasteiger partial charge in [0.15, 0.2) is 0 Å². The van der Waals surface area contributed by atoms with E-state index in [9.17, 15) is 13.2 Å². The smallest absolute Gasteiger partial charge is 0.247 e. The number of carbonyl (C=O) groups is 1. The summed E-state index contributed by atoms with van der Waals surface area (Å²) in [6, 6.07) is 1.20.